The molecule has 0 aromatic carbocycles. The second-order valence-corrected chi connectivity index (χ2v) is 10.9. The van der Waals surface area contributed by atoms with E-state index in [-0.39, 0.29) is 25.2 Å². The molecule has 0 aliphatic heterocycles. The average Bonchev–Trinajstić information content (AvgIpc) is 2.94. The van der Waals surface area contributed by atoms with E-state index in [4.69, 9.17) is 9.47 Å². The van der Waals surface area contributed by atoms with E-state index in [0.29, 0.717) is 12.8 Å². The molecule has 0 spiro atoms. The number of carbonyl (C=O) groups excluding carboxylic acids is 2. The van der Waals surface area contributed by atoms with Gasteiger partial charge in [0, 0.05) is 12.8 Å². The average molecular weight is 551 g/mol. The van der Waals surface area contributed by atoms with Gasteiger partial charge in [-0.05, 0) is 38.5 Å². The Bertz CT molecular complexity index is 598. The Hall–Kier alpha value is -1.62. The van der Waals surface area contributed by atoms with Crippen LogP contribution in [0.15, 0.2) is 24.3 Å². The number of carbonyl (C=O) groups is 2. The van der Waals surface area contributed by atoms with Crippen LogP contribution < -0.4 is 0 Å². The van der Waals surface area contributed by atoms with Crippen LogP contribution in [0.4, 0.5) is 0 Å². The highest BCUT2D eigenvalue weighted by Crippen LogP contribution is 2.13. The maximum absolute atomic E-state index is 12.1. The van der Waals surface area contributed by atoms with Gasteiger partial charge in [-0.2, -0.15) is 0 Å². The highest BCUT2D eigenvalue weighted by Gasteiger charge is 2.16. The van der Waals surface area contributed by atoms with Crippen LogP contribution in [0.5, 0.6) is 0 Å². The molecule has 5 nitrogen and oxygen atoms in total. The van der Waals surface area contributed by atoms with Crippen molar-refractivity contribution >= 4 is 11.9 Å². The molecule has 1 atom stereocenters. The lowest BCUT2D eigenvalue weighted by molar-refractivity contribution is -0.161. The molecule has 228 valence electrons. The smallest absolute Gasteiger partial charge is 0.306 e. The molecule has 0 aromatic rings. The first-order valence-corrected chi connectivity index (χ1v) is 16.4. The highest BCUT2D eigenvalue weighted by atomic mass is 16.6. The summed E-state index contributed by atoms with van der Waals surface area (Å²) in [5.41, 5.74) is 0. The number of rotatable bonds is 29. The number of aliphatic hydroxyl groups excluding tert-OH is 1. The van der Waals surface area contributed by atoms with Crippen molar-refractivity contribution in [3.63, 3.8) is 0 Å². The summed E-state index contributed by atoms with van der Waals surface area (Å²) in [4.78, 5) is 24.0. The van der Waals surface area contributed by atoms with Gasteiger partial charge in [-0.1, -0.05) is 134 Å². The van der Waals surface area contributed by atoms with E-state index in [9.17, 15) is 14.7 Å². The van der Waals surface area contributed by atoms with Crippen molar-refractivity contribution in [1.29, 1.82) is 0 Å². The monoisotopic (exact) mass is 550 g/mol. The van der Waals surface area contributed by atoms with E-state index >= 15 is 0 Å². The lowest BCUT2D eigenvalue weighted by Gasteiger charge is -2.15. The number of hydrogen-bond acceptors (Lipinski definition) is 5. The normalized spacial score (nSPS) is 12.4. The highest BCUT2D eigenvalue weighted by molar-refractivity contribution is 5.70. The van der Waals surface area contributed by atoms with Crippen molar-refractivity contribution in [1.82, 2.24) is 0 Å². The third-order valence-electron chi connectivity index (χ3n) is 7.00. The van der Waals surface area contributed by atoms with Crippen LogP contribution in [-0.4, -0.2) is 36.4 Å². The third-order valence-corrected chi connectivity index (χ3v) is 7.00. The summed E-state index contributed by atoms with van der Waals surface area (Å²) in [5, 5.41) is 9.48. The molecule has 1 N–H and O–H groups in total. The first kappa shape index (κ1) is 37.4. The minimum atomic E-state index is -0.771. The molecule has 0 aliphatic carbocycles. The van der Waals surface area contributed by atoms with Crippen LogP contribution in [0.3, 0.4) is 0 Å². The van der Waals surface area contributed by atoms with Gasteiger partial charge in [0.15, 0.2) is 6.10 Å². The Kier molecular flexibility index (Phi) is 29.6. The Labute approximate surface area is 241 Å². The minimum absolute atomic E-state index is 0.0683. The summed E-state index contributed by atoms with van der Waals surface area (Å²) in [6, 6.07) is 0. The predicted octanol–water partition coefficient (Wildman–Crippen LogP) is 9.56. The second kappa shape index (κ2) is 30.9. The Morgan fingerprint density at radius 2 is 1.05 bits per heavy atom. The van der Waals surface area contributed by atoms with Crippen molar-refractivity contribution in [2.45, 2.75) is 168 Å². The number of aliphatic hydroxyl groups is 1. The molecule has 0 unspecified atom stereocenters. The standard InChI is InChI=1S/C34H62O5/c1-3-5-7-9-11-13-15-16-17-19-21-23-25-27-29-34(37)39-32(30-35)31-38-33(36)28-26-24-22-20-18-14-12-10-8-6-4-2/h9,11,15-16,32,35H,3-8,10,12-14,17-31H2,1-2H3/b11-9+,16-15+/t32-/m0/s1. The molecule has 0 aliphatic rings. The fourth-order valence-corrected chi connectivity index (χ4v) is 4.45. The maximum Gasteiger partial charge on any atom is 0.306 e. The van der Waals surface area contributed by atoms with Crippen LogP contribution in [0, 0.1) is 0 Å². The summed E-state index contributed by atoms with van der Waals surface area (Å²) in [5.74, 6) is -0.607. The van der Waals surface area contributed by atoms with Crippen LogP contribution in [0.1, 0.15) is 162 Å². The molecule has 0 bridgehead atoms. The van der Waals surface area contributed by atoms with Crippen molar-refractivity contribution in [3.8, 4) is 0 Å². The van der Waals surface area contributed by atoms with Crippen LogP contribution in [0.2, 0.25) is 0 Å². The Balaban J connectivity index is 3.61. The van der Waals surface area contributed by atoms with Gasteiger partial charge in [0.2, 0.25) is 0 Å². The Morgan fingerprint density at radius 3 is 1.59 bits per heavy atom. The van der Waals surface area contributed by atoms with Gasteiger partial charge in [0.05, 0.1) is 6.61 Å². The number of ether oxygens (including phenoxy) is 2. The minimum Gasteiger partial charge on any atom is -0.462 e. The number of esters is 2. The van der Waals surface area contributed by atoms with Gasteiger partial charge in [-0.15, -0.1) is 0 Å². The van der Waals surface area contributed by atoms with Crippen molar-refractivity contribution in [3.05, 3.63) is 24.3 Å². The Morgan fingerprint density at radius 1 is 0.590 bits per heavy atom. The zero-order valence-electron chi connectivity index (χ0n) is 25.6. The maximum atomic E-state index is 12.1. The zero-order valence-corrected chi connectivity index (χ0v) is 25.6. The summed E-state index contributed by atoms with van der Waals surface area (Å²) < 4.78 is 10.5. The molecule has 0 rings (SSSR count). The fraction of sp³-hybridized carbons (Fsp3) is 0.824. The van der Waals surface area contributed by atoms with Crippen molar-refractivity contribution < 1.29 is 24.2 Å². The fourth-order valence-electron chi connectivity index (χ4n) is 4.45. The first-order chi connectivity index (χ1) is 19.1. The van der Waals surface area contributed by atoms with Gasteiger partial charge in [0.1, 0.15) is 6.61 Å². The summed E-state index contributed by atoms with van der Waals surface area (Å²) in [7, 11) is 0. The molecule has 0 heterocycles. The molecule has 5 heteroatoms. The second-order valence-electron chi connectivity index (χ2n) is 10.9. The number of allylic oxidation sites excluding steroid dienone is 4. The number of unbranched alkanes of at least 4 members (excludes halogenated alkanes) is 17. The molecule has 39 heavy (non-hydrogen) atoms. The molecule has 0 aromatic heterocycles. The van der Waals surface area contributed by atoms with Crippen molar-refractivity contribution in [2.24, 2.45) is 0 Å². The SMILES string of the molecule is CCCC/C=C/C/C=C/CCCCCCCC(=O)O[C@@H](CO)COC(=O)CCCCCCCCCCCCC. The van der Waals surface area contributed by atoms with Gasteiger partial charge >= 0.3 is 11.9 Å². The molecular weight excluding hydrogens is 488 g/mol. The van der Waals surface area contributed by atoms with Gasteiger partial charge in [-0.3, -0.25) is 9.59 Å². The van der Waals surface area contributed by atoms with Crippen molar-refractivity contribution in [2.75, 3.05) is 13.2 Å². The molecule has 0 saturated heterocycles. The molecule has 0 amide bonds. The first-order valence-electron chi connectivity index (χ1n) is 16.4. The van der Waals surface area contributed by atoms with E-state index in [0.717, 1.165) is 51.4 Å². The lowest BCUT2D eigenvalue weighted by Crippen LogP contribution is -2.28. The summed E-state index contributed by atoms with van der Waals surface area (Å²) in [6.07, 6.45) is 33.7. The summed E-state index contributed by atoms with van der Waals surface area (Å²) in [6.45, 7) is 4.06. The van der Waals surface area contributed by atoms with E-state index in [1.165, 1.54) is 83.5 Å². The largest absolute Gasteiger partial charge is 0.462 e. The number of hydrogen-bond donors (Lipinski definition) is 1. The van der Waals surface area contributed by atoms with E-state index < -0.39 is 6.10 Å². The topological polar surface area (TPSA) is 72.8 Å². The van der Waals surface area contributed by atoms with Gasteiger partial charge in [-0.25, -0.2) is 0 Å². The molecule has 0 radical (unpaired) electrons. The quantitative estimate of drug-likeness (QED) is 0.0570. The molecule has 0 saturated carbocycles. The van der Waals surface area contributed by atoms with E-state index in [1.807, 2.05) is 0 Å². The lowest BCUT2D eigenvalue weighted by atomic mass is 10.1. The van der Waals surface area contributed by atoms with Crippen LogP contribution in [0.25, 0.3) is 0 Å². The van der Waals surface area contributed by atoms with Gasteiger partial charge in [0.25, 0.3) is 0 Å². The van der Waals surface area contributed by atoms with Gasteiger partial charge < -0.3 is 14.6 Å². The summed E-state index contributed by atoms with van der Waals surface area (Å²) >= 11 is 0. The van der Waals surface area contributed by atoms with E-state index in [2.05, 4.69) is 38.2 Å². The van der Waals surface area contributed by atoms with E-state index in [1.54, 1.807) is 0 Å². The third kappa shape index (κ3) is 29.2. The zero-order chi connectivity index (χ0) is 28.7. The van der Waals surface area contributed by atoms with Crippen LogP contribution >= 0.6 is 0 Å². The molecule has 0 fully saturated rings. The van der Waals surface area contributed by atoms with Crippen LogP contribution in [-0.2, 0) is 19.1 Å². The molecular formula is C34H62O5. The predicted molar refractivity (Wildman–Crippen MR) is 164 cm³/mol.